The minimum atomic E-state index is -3.57. The van der Waals surface area contributed by atoms with E-state index in [4.69, 9.17) is 0 Å². The molecule has 2 aromatic rings. The van der Waals surface area contributed by atoms with Crippen molar-refractivity contribution in [2.24, 2.45) is 0 Å². The van der Waals surface area contributed by atoms with E-state index in [2.05, 4.69) is 15.4 Å². The van der Waals surface area contributed by atoms with Crippen LogP contribution in [0.4, 0.5) is 0 Å². The molecule has 0 heterocycles. The molecule has 30 heavy (non-hydrogen) atoms. The zero-order valence-corrected chi connectivity index (χ0v) is 17.3. The van der Waals surface area contributed by atoms with Crippen LogP contribution in [0.15, 0.2) is 59.5 Å². The van der Waals surface area contributed by atoms with E-state index in [0.29, 0.717) is 12.0 Å². The van der Waals surface area contributed by atoms with Crippen molar-refractivity contribution >= 4 is 21.8 Å². The third-order valence-electron chi connectivity index (χ3n) is 5.15. The van der Waals surface area contributed by atoms with Gasteiger partial charge < -0.3 is 10.6 Å². The highest BCUT2D eigenvalue weighted by Gasteiger charge is 2.30. The third-order valence-corrected chi connectivity index (χ3v) is 6.69. The summed E-state index contributed by atoms with van der Waals surface area (Å²) in [7, 11) is -3.57. The number of hydrogen-bond donors (Lipinski definition) is 3. The van der Waals surface area contributed by atoms with E-state index in [1.807, 2.05) is 30.3 Å². The van der Waals surface area contributed by atoms with Gasteiger partial charge in [0, 0.05) is 24.1 Å². The van der Waals surface area contributed by atoms with Gasteiger partial charge in [0.05, 0.1) is 4.90 Å². The molecule has 2 fully saturated rings. The quantitative estimate of drug-likeness (QED) is 0.567. The normalized spacial score (nSPS) is 17.2. The molecule has 2 aliphatic rings. The SMILES string of the molecule is O=C(NC(Cc1ccccc1)C(=O)NC1CC1)c1ccc(S(=O)(=O)NC2CC2)cc1. The molecule has 0 saturated heterocycles. The summed E-state index contributed by atoms with van der Waals surface area (Å²) in [6.07, 6.45) is 4.00. The lowest BCUT2D eigenvalue weighted by molar-refractivity contribution is -0.123. The summed E-state index contributed by atoms with van der Waals surface area (Å²) in [6.45, 7) is 0. The van der Waals surface area contributed by atoms with Crippen LogP contribution >= 0.6 is 0 Å². The van der Waals surface area contributed by atoms with Gasteiger partial charge in [0.2, 0.25) is 15.9 Å². The highest BCUT2D eigenvalue weighted by Crippen LogP contribution is 2.22. The van der Waals surface area contributed by atoms with Crippen LogP contribution in [-0.4, -0.2) is 38.4 Å². The first-order valence-electron chi connectivity index (χ1n) is 10.2. The molecule has 0 radical (unpaired) electrons. The second-order valence-electron chi connectivity index (χ2n) is 7.92. The Hall–Kier alpha value is -2.71. The lowest BCUT2D eigenvalue weighted by Crippen LogP contribution is -2.48. The summed E-state index contributed by atoms with van der Waals surface area (Å²) in [5.41, 5.74) is 1.25. The van der Waals surface area contributed by atoms with Crippen LogP contribution in [0.5, 0.6) is 0 Å². The molecule has 2 amide bonds. The lowest BCUT2D eigenvalue weighted by atomic mass is 10.0. The molecule has 2 aromatic carbocycles. The van der Waals surface area contributed by atoms with Crippen LogP contribution in [0.2, 0.25) is 0 Å². The Bertz CT molecular complexity index is 1010. The predicted octanol–water partition coefficient (Wildman–Crippen LogP) is 1.75. The zero-order valence-electron chi connectivity index (χ0n) is 16.5. The average molecular weight is 428 g/mol. The third kappa shape index (κ3) is 5.46. The van der Waals surface area contributed by atoms with Gasteiger partial charge >= 0.3 is 0 Å². The second kappa shape index (κ2) is 8.57. The molecule has 0 bridgehead atoms. The number of carbonyl (C=O) groups is 2. The summed E-state index contributed by atoms with van der Waals surface area (Å²) in [5, 5.41) is 5.74. The minimum absolute atomic E-state index is 0.0155. The van der Waals surface area contributed by atoms with Crippen LogP contribution in [0.25, 0.3) is 0 Å². The van der Waals surface area contributed by atoms with E-state index in [9.17, 15) is 18.0 Å². The Balaban J connectivity index is 1.44. The van der Waals surface area contributed by atoms with Gasteiger partial charge in [0.1, 0.15) is 6.04 Å². The molecule has 1 atom stereocenters. The number of sulfonamides is 1. The minimum Gasteiger partial charge on any atom is -0.352 e. The van der Waals surface area contributed by atoms with Crippen molar-refractivity contribution in [1.82, 2.24) is 15.4 Å². The first kappa shape index (κ1) is 20.6. The molecular weight excluding hydrogens is 402 g/mol. The second-order valence-corrected chi connectivity index (χ2v) is 9.63. The fourth-order valence-corrected chi connectivity index (χ4v) is 4.41. The van der Waals surface area contributed by atoms with E-state index in [-0.39, 0.29) is 22.9 Å². The van der Waals surface area contributed by atoms with Crippen LogP contribution < -0.4 is 15.4 Å². The summed E-state index contributed by atoms with van der Waals surface area (Å²) in [6, 6.07) is 14.8. The van der Waals surface area contributed by atoms with Crippen molar-refractivity contribution < 1.29 is 18.0 Å². The Morgan fingerprint density at radius 1 is 0.900 bits per heavy atom. The molecule has 0 aromatic heterocycles. The van der Waals surface area contributed by atoms with Crippen molar-refractivity contribution in [2.75, 3.05) is 0 Å². The van der Waals surface area contributed by atoms with Crippen LogP contribution in [0.3, 0.4) is 0 Å². The molecular formula is C22H25N3O4S. The monoisotopic (exact) mass is 427 g/mol. The van der Waals surface area contributed by atoms with Gasteiger partial charge in [-0.1, -0.05) is 30.3 Å². The maximum absolute atomic E-state index is 12.7. The average Bonchev–Trinajstić information content (AvgIpc) is 3.66. The van der Waals surface area contributed by atoms with Crippen molar-refractivity contribution in [2.45, 2.75) is 55.1 Å². The molecule has 158 valence electrons. The lowest BCUT2D eigenvalue weighted by Gasteiger charge is -2.19. The van der Waals surface area contributed by atoms with Gasteiger partial charge in [-0.15, -0.1) is 0 Å². The first-order chi connectivity index (χ1) is 14.4. The standard InChI is InChI=1S/C22H25N3O4S/c26-21(16-6-12-19(13-7-16)30(28,29)25-18-10-11-18)24-20(22(27)23-17-8-9-17)14-15-4-2-1-3-5-15/h1-7,12-13,17-18,20,25H,8-11,14H2,(H,23,27)(H,24,26). The summed E-state index contributed by atoms with van der Waals surface area (Å²) in [5.74, 6) is -0.622. The number of amides is 2. The molecule has 0 spiro atoms. The number of carbonyl (C=O) groups excluding carboxylic acids is 2. The molecule has 8 heteroatoms. The maximum atomic E-state index is 12.7. The van der Waals surface area contributed by atoms with E-state index in [1.54, 1.807) is 0 Å². The van der Waals surface area contributed by atoms with Crippen LogP contribution in [-0.2, 0) is 21.2 Å². The molecule has 7 nitrogen and oxygen atoms in total. The van der Waals surface area contributed by atoms with Gasteiger partial charge in [-0.05, 0) is 55.5 Å². The van der Waals surface area contributed by atoms with Crippen LogP contribution in [0.1, 0.15) is 41.6 Å². The fraction of sp³-hybridized carbons (Fsp3) is 0.364. The van der Waals surface area contributed by atoms with Gasteiger partial charge in [0.25, 0.3) is 5.91 Å². The number of nitrogens with one attached hydrogen (secondary N) is 3. The van der Waals surface area contributed by atoms with Gasteiger partial charge in [-0.25, -0.2) is 13.1 Å². The summed E-state index contributed by atoms with van der Waals surface area (Å²) >= 11 is 0. The first-order valence-corrected chi connectivity index (χ1v) is 11.7. The summed E-state index contributed by atoms with van der Waals surface area (Å²) < 4.78 is 27.2. The highest BCUT2D eigenvalue weighted by atomic mass is 32.2. The van der Waals surface area contributed by atoms with E-state index >= 15 is 0 Å². The predicted molar refractivity (Wildman–Crippen MR) is 112 cm³/mol. The van der Waals surface area contributed by atoms with E-state index in [1.165, 1.54) is 24.3 Å². The van der Waals surface area contributed by atoms with E-state index < -0.39 is 22.0 Å². The Kier molecular flexibility index (Phi) is 5.87. The Labute approximate surface area is 176 Å². The van der Waals surface area contributed by atoms with Gasteiger partial charge in [0.15, 0.2) is 0 Å². The van der Waals surface area contributed by atoms with Crippen molar-refractivity contribution in [3.8, 4) is 0 Å². The molecule has 3 N–H and O–H groups in total. The molecule has 0 aliphatic heterocycles. The largest absolute Gasteiger partial charge is 0.352 e. The Morgan fingerprint density at radius 2 is 1.53 bits per heavy atom. The van der Waals surface area contributed by atoms with Crippen molar-refractivity contribution in [1.29, 1.82) is 0 Å². The highest BCUT2D eigenvalue weighted by molar-refractivity contribution is 7.89. The molecule has 4 rings (SSSR count). The number of hydrogen-bond acceptors (Lipinski definition) is 4. The maximum Gasteiger partial charge on any atom is 0.251 e. The van der Waals surface area contributed by atoms with Gasteiger partial charge in [-0.2, -0.15) is 0 Å². The van der Waals surface area contributed by atoms with Crippen LogP contribution in [0, 0.1) is 0 Å². The topological polar surface area (TPSA) is 104 Å². The Morgan fingerprint density at radius 3 is 2.13 bits per heavy atom. The van der Waals surface area contributed by atoms with E-state index in [0.717, 1.165) is 31.2 Å². The number of rotatable bonds is 9. The van der Waals surface area contributed by atoms with Crippen molar-refractivity contribution in [3.63, 3.8) is 0 Å². The fourth-order valence-electron chi connectivity index (χ4n) is 3.10. The van der Waals surface area contributed by atoms with Crippen molar-refractivity contribution in [3.05, 3.63) is 65.7 Å². The molecule has 2 saturated carbocycles. The molecule has 1 unspecified atom stereocenters. The van der Waals surface area contributed by atoms with Gasteiger partial charge in [-0.3, -0.25) is 9.59 Å². The summed E-state index contributed by atoms with van der Waals surface area (Å²) in [4.78, 5) is 25.5. The molecule has 2 aliphatic carbocycles. The smallest absolute Gasteiger partial charge is 0.251 e. The number of benzene rings is 2. The zero-order chi connectivity index (χ0) is 21.1.